The Bertz CT molecular complexity index is 110. The summed E-state index contributed by atoms with van der Waals surface area (Å²) in [5.41, 5.74) is 2.98. The molecule has 0 aliphatic heterocycles. The molecule has 0 saturated carbocycles. The Morgan fingerprint density at radius 1 is 1.67 bits per heavy atom. The molecule has 0 aliphatic carbocycles. The van der Waals surface area contributed by atoms with Gasteiger partial charge in [-0.2, -0.15) is 0 Å². The van der Waals surface area contributed by atoms with Crippen LogP contribution in [0.25, 0.3) is 0 Å². The number of aliphatic hydroxyl groups excluding tert-OH is 1. The first-order chi connectivity index (χ1) is 4.31. The fourth-order valence-corrected chi connectivity index (χ4v) is 0.403. The summed E-state index contributed by atoms with van der Waals surface area (Å²) in [6, 6.07) is 0. The summed E-state index contributed by atoms with van der Waals surface area (Å²) in [5, 5.41) is 8.55. The van der Waals surface area contributed by atoms with Gasteiger partial charge < -0.3 is 5.11 Å². The zero-order valence-electron chi connectivity index (χ0n) is 6.09. The van der Waals surface area contributed by atoms with Crippen LogP contribution in [0.1, 0.15) is 20.3 Å². The molecule has 0 aromatic carbocycles. The van der Waals surface area contributed by atoms with Crippen LogP contribution in [0.5, 0.6) is 0 Å². The third-order valence-corrected chi connectivity index (χ3v) is 0.991. The van der Waals surface area contributed by atoms with Gasteiger partial charge in [-0.05, 0) is 18.6 Å². The second-order valence-corrected chi connectivity index (χ2v) is 2.11. The molecule has 0 heterocycles. The lowest BCUT2D eigenvalue weighted by Crippen LogP contribution is -1.93. The third-order valence-electron chi connectivity index (χ3n) is 0.991. The summed E-state index contributed by atoms with van der Waals surface area (Å²) in [4.78, 5) is 0. The van der Waals surface area contributed by atoms with E-state index in [1.54, 1.807) is 0 Å². The molecule has 0 fully saturated rings. The van der Waals surface area contributed by atoms with E-state index >= 15 is 0 Å². The lowest BCUT2D eigenvalue weighted by molar-refractivity contribution is 0.262. The number of hydrogen-bond donors (Lipinski definition) is 1. The predicted octanol–water partition coefficient (Wildman–Crippen LogP) is 1.74. The quantitative estimate of drug-likeness (QED) is 0.571. The highest BCUT2D eigenvalue weighted by Gasteiger charge is 1.88. The molecule has 0 bridgehead atoms. The number of aliphatic hydroxyl groups is 1. The van der Waals surface area contributed by atoms with Crippen LogP contribution in [0.3, 0.4) is 0 Å². The normalized spacial score (nSPS) is 11.9. The van der Waals surface area contributed by atoms with Gasteiger partial charge in [0.15, 0.2) is 0 Å². The Kier molecular flexibility index (Phi) is 5.29. The minimum Gasteiger partial charge on any atom is -0.396 e. The van der Waals surface area contributed by atoms with Crippen molar-refractivity contribution in [1.82, 2.24) is 0 Å². The molecule has 0 saturated heterocycles. The monoisotopic (exact) mass is 126 g/mol. The summed E-state index contributed by atoms with van der Waals surface area (Å²) >= 11 is 0. The van der Waals surface area contributed by atoms with Gasteiger partial charge in [-0.15, -0.1) is 5.73 Å². The maximum absolute atomic E-state index is 8.55. The number of rotatable bonds is 3. The Morgan fingerprint density at radius 2 is 2.33 bits per heavy atom. The average Bonchev–Trinajstić information content (AvgIpc) is 1.89. The highest BCUT2D eigenvalue weighted by atomic mass is 16.3. The van der Waals surface area contributed by atoms with Crippen molar-refractivity contribution in [3.8, 4) is 0 Å². The molecular formula is C8H14O. The molecule has 9 heavy (non-hydrogen) atoms. The largest absolute Gasteiger partial charge is 0.396 e. The van der Waals surface area contributed by atoms with Crippen LogP contribution in [0, 0.1) is 5.92 Å². The molecule has 0 rings (SSSR count). The minimum atomic E-state index is 0.213. The second-order valence-electron chi connectivity index (χ2n) is 2.11. The topological polar surface area (TPSA) is 20.2 Å². The molecule has 52 valence electrons. The highest BCUT2D eigenvalue weighted by Crippen LogP contribution is 1.92. The van der Waals surface area contributed by atoms with E-state index in [1.807, 2.05) is 19.1 Å². The molecule has 1 atom stereocenters. The highest BCUT2D eigenvalue weighted by molar-refractivity contribution is 4.87. The van der Waals surface area contributed by atoms with Gasteiger partial charge in [0, 0.05) is 12.5 Å². The summed E-state index contributed by atoms with van der Waals surface area (Å²) in [6.45, 7) is 4.23. The van der Waals surface area contributed by atoms with Gasteiger partial charge in [0.05, 0.1) is 0 Å². The maximum atomic E-state index is 8.55. The first-order valence-corrected chi connectivity index (χ1v) is 3.33. The third kappa shape index (κ3) is 5.35. The smallest absolute Gasteiger partial charge is 0.0497 e. The number of hydrogen-bond acceptors (Lipinski definition) is 1. The van der Waals surface area contributed by atoms with Crippen molar-refractivity contribution >= 4 is 0 Å². The van der Waals surface area contributed by atoms with E-state index in [2.05, 4.69) is 12.7 Å². The fourth-order valence-electron chi connectivity index (χ4n) is 0.403. The van der Waals surface area contributed by atoms with Gasteiger partial charge in [-0.25, -0.2) is 0 Å². The van der Waals surface area contributed by atoms with Crippen molar-refractivity contribution < 1.29 is 5.11 Å². The van der Waals surface area contributed by atoms with Gasteiger partial charge in [0.1, 0.15) is 0 Å². The first kappa shape index (κ1) is 8.48. The Labute approximate surface area is 56.7 Å². The van der Waals surface area contributed by atoms with Gasteiger partial charge in [-0.3, -0.25) is 0 Å². The van der Waals surface area contributed by atoms with Crippen molar-refractivity contribution in [3.63, 3.8) is 0 Å². The van der Waals surface area contributed by atoms with Gasteiger partial charge in [0.25, 0.3) is 0 Å². The zero-order valence-corrected chi connectivity index (χ0v) is 6.09. The Hall–Kier alpha value is -0.520. The van der Waals surface area contributed by atoms with Crippen LogP contribution < -0.4 is 0 Å². The van der Waals surface area contributed by atoms with Gasteiger partial charge in [0.2, 0.25) is 0 Å². The van der Waals surface area contributed by atoms with E-state index in [0.717, 1.165) is 6.42 Å². The van der Waals surface area contributed by atoms with Crippen LogP contribution in [0.15, 0.2) is 17.9 Å². The summed E-state index contributed by atoms with van der Waals surface area (Å²) in [5.74, 6) is 0.243. The van der Waals surface area contributed by atoms with Crippen molar-refractivity contribution in [2.45, 2.75) is 20.3 Å². The van der Waals surface area contributed by atoms with E-state index in [0.29, 0.717) is 0 Å². The molecule has 0 aliphatic rings. The molecule has 0 radical (unpaired) electrons. The summed E-state index contributed by atoms with van der Waals surface area (Å²) in [7, 11) is 0. The molecular weight excluding hydrogens is 112 g/mol. The first-order valence-electron chi connectivity index (χ1n) is 3.33. The SMILES string of the molecule is CCC=C=C[C@@H](C)CO. The molecule has 0 amide bonds. The van der Waals surface area contributed by atoms with Crippen LogP contribution >= 0.6 is 0 Å². The maximum Gasteiger partial charge on any atom is 0.0497 e. The van der Waals surface area contributed by atoms with Crippen LogP contribution in [-0.4, -0.2) is 11.7 Å². The predicted molar refractivity (Wildman–Crippen MR) is 39.2 cm³/mol. The fraction of sp³-hybridized carbons (Fsp3) is 0.625. The van der Waals surface area contributed by atoms with E-state index in [9.17, 15) is 0 Å². The summed E-state index contributed by atoms with van der Waals surface area (Å²) < 4.78 is 0. The minimum absolute atomic E-state index is 0.213. The van der Waals surface area contributed by atoms with E-state index in [-0.39, 0.29) is 12.5 Å². The molecule has 0 aromatic rings. The molecule has 1 nitrogen and oxygen atoms in total. The Balaban J connectivity index is 3.55. The second kappa shape index (κ2) is 5.61. The van der Waals surface area contributed by atoms with E-state index in [4.69, 9.17) is 5.11 Å². The molecule has 0 aromatic heterocycles. The standard InChI is InChI=1S/C8H14O/c1-3-4-5-6-8(2)7-9/h4,6,8-9H,3,7H2,1-2H3/t5?,8-/m1/s1. The molecule has 0 unspecified atom stereocenters. The molecule has 0 spiro atoms. The van der Waals surface area contributed by atoms with Crippen LogP contribution in [0.4, 0.5) is 0 Å². The lowest BCUT2D eigenvalue weighted by Gasteiger charge is -1.93. The molecule has 1 heteroatoms. The van der Waals surface area contributed by atoms with Gasteiger partial charge >= 0.3 is 0 Å². The van der Waals surface area contributed by atoms with Crippen molar-refractivity contribution in [2.24, 2.45) is 5.92 Å². The van der Waals surface area contributed by atoms with Crippen molar-refractivity contribution in [2.75, 3.05) is 6.61 Å². The van der Waals surface area contributed by atoms with Crippen molar-refractivity contribution in [3.05, 3.63) is 17.9 Å². The Morgan fingerprint density at radius 3 is 2.78 bits per heavy atom. The zero-order chi connectivity index (χ0) is 7.11. The van der Waals surface area contributed by atoms with Gasteiger partial charge in [-0.1, -0.05) is 13.8 Å². The molecule has 1 N–H and O–H groups in total. The lowest BCUT2D eigenvalue weighted by atomic mass is 10.2. The van der Waals surface area contributed by atoms with E-state index in [1.165, 1.54) is 0 Å². The van der Waals surface area contributed by atoms with Crippen LogP contribution in [-0.2, 0) is 0 Å². The van der Waals surface area contributed by atoms with E-state index < -0.39 is 0 Å². The average molecular weight is 126 g/mol. The van der Waals surface area contributed by atoms with Crippen molar-refractivity contribution in [1.29, 1.82) is 0 Å². The van der Waals surface area contributed by atoms with Crippen LogP contribution in [0.2, 0.25) is 0 Å². The summed E-state index contributed by atoms with van der Waals surface area (Å²) in [6.07, 6.45) is 4.84.